The van der Waals surface area contributed by atoms with Crippen molar-refractivity contribution in [3.8, 4) is 0 Å². The number of benzene rings is 1. The minimum absolute atomic E-state index is 0.00236. The summed E-state index contributed by atoms with van der Waals surface area (Å²) in [7, 11) is 0. The second-order valence-electron chi connectivity index (χ2n) is 6.42. The summed E-state index contributed by atoms with van der Waals surface area (Å²) in [6.07, 6.45) is 1.16. The molecule has 2 heterocycles. The molecular weight excluding hydrogens is 308 g/mol. The highest BCUT2D eigenvalue weighted by Crippen LogP contribution is 2.33. The Kier molecular flexibility index (Phi) is 5.04. The van der Waals surface area contributed by atoms with Gasteiger partial charge in [0.2, 0.25) is 5.91 Å². The average Bonchev–Trinajstić information content (AvgIpc) is 2.91. The van der Waals surface area contributed by atoms with Crippen molar-refractivity contribution in [3.63, 3.8) is 0 Å². The summed E-state index contributed by atoms with van der Waals surface area (Å²) < 4.78 is 11.1. The first-order chi connectivity index (χ1) is 11.6. The number of amides is 2. The van der Waals surface area contributed by atoms with Crippen LogP contribution < -0.4 is 0 Å². The van der Waals surface area contributed by atoms with Crippen LogP contribution in [0.15, 0.2) is 30.3 Å². The number of piperidine rings is 1. The standard InChI is InChI=1S/C18H24N2O4/c1-2-19-14-18(24-17(19)22)8-10-20(11-9-18)16(21)13-23-12-15-6-4-3-5-7-15/h3-7H,2,8-14H2,1H3. The number of hydrogen-bond donors (Lipinski definition) is 0. The van der Waals surface area contributed by atoms with E-state index in [1.54, 1.807) is 9.80 Å². The van der Waals surface area contributed by atoms with Crippen LogP contribution in [0, 0.1) is 0 Å². The minimum Gasteiger partial charge on any atom is -0.441 e. The molecule has 2 saturated heterocycles. The number of likely N-dealkylation sites (N-methyl/N-ethyl adjacent to an activating group) is 1. The van der Waals surface area contributed by atoms with Crippen LogP contribution in [0.2, 0.25) is 0 Å². The lowest BCUT2D eigenvalue weighted by Crippen LogP contribution is -2.49. The summed E-state index contributed by atoms with van der Waals surface area (Å²) in [5.41, 5.74) is 0.648. The largest absolute Gasteiger partial charge is 0.441 e. The van der Waals surface area contributed by atoms with Crippen LogP contribution in [0.5, 0.6) is 0 Å². The molecule has 2 amide bonds. The van der Waals surface area contributed by atoms with Crippen molar-refractivity contribution < 1.29 is 19.1 Å². The lowest BCUT2D eigenvalue weighted by Gasteiger charge is -2.37. The van der Waals surface area contributed by atoms with Gasteiger partial charge in [0.15, 0.2) is 0 Å². The first kappa shape index (κ1) is 16.8. The van der Waals surface area contributed by atoms with Gasteiger partial charge in [0.1, 0.15) is 12.2 Å². The molecule has 0 N–H and O–H groups in total. The van der Waals surface area contributed by atoms with Crippen LogP contribution in [0.3, 0.4) is 0 Å². The highest BCUT2D eigenvalue weighted by molar-refractivity contribution is 5.77. The Labute approximate surface area is 142 Å². The molecule has 0 atom stereocenters. The van der Waals surface area contributed by atoms with Crippen LogP contribution >= 0.6 is 0 Å². The zero-order chi connectivity index (χ0) is 17.0. The van der Waals surface area contributed by atoms with Gasteiger partial charge in [0, 0.05) is 32.5 Å². The molecule has 0 saturated carbocycles. The van der Waals surface area contributed by atoms with E-state index >= 15 is 0 Å². The van der Waals surface area contributed by atoms with Crippen molar-refractivity contribution in [3.05, 3.63) is 35.9 Å². The van der Waals surface area contributed by atoms with Crippen molar-refractivity contribution >= 4 is 12.0 Å². The number of nitrogens with zero attached hydrogens (tertiary/aromatic N) is 2. The molecule has 1 aromatic rings. The summed E-state index contributed by atoms with van der Waals surface area (Å²) >= 11 is 0. The Bertz CT molecular complexity index is 582. The summed E-state index contributed by atoms with van der Waals surface area (Å²) in [5, 5.41) is 0. The SMILES string of the molecule is CCN1CC2(CCN(C(=O)COCc3ccccc3)CC2)OC1=O. The molecule has 6 heteroatoms. The number of carbonyl (C=O) groups is 2. The number of ether oxygens (including phenoxy) is 2. The molecule has 2 fully saturated rings. The fraction of sp³-hybridized carbons (Fsp3) is 0.556. The number of likely N-dealkylation sites (tertiary alicyclic amines) is 1. The quantitative estimate of drug-likeness (QED) is 0.828. The molecule has 0 unspecified atom stereocenters. The maximum atomic E-state index is 12.3. The predicted molar refractivity (Wildman–Crippen MR) is 88.4 cm³/mol. The zero-order valence-corrected chi connectivity index (χ0v) is 14.1. The fourth-order valence-electron chi connectivity index (χ4n) is 3.28. The van der Waals surface area contributed by atoms with E-state index in [4.69, 9.17) is 9.47 Å². The number of rotatable bonds is 5. The predicted octanol–water partition coefficient (Wildman–Crippen LogP) is 2.04. The van der Waals surface area contributed by atoms with Crippen LogP contribution in [0.1, 0.15) is 25.3 Å². The summed E-state index contributed by atoms with van der Waals surface area (Å²) in [6, 6.07) is 9.81. The molecular formula is C18H24N2O4. The van der Waals surface area contributed by atoms with Gasteiger partial charge < -0.3 is 19.3 Å². The van der Waals surface area contributed by atoms with E-state index in [2.05, 4.69) is 0 Å². The van der Waals surface area contributed by atoms with E-state index < -0.39 is 5.60 Å². The maximum Gasteiger partial charge on any atom is 0.410 e. The maximum absolute atomic E-state index is 12.3. The van der Waals surface area contributed by atoms with Crippen LogP contribution in [0.25, 0.3) is 0 Å². The van der Waals surface area contributed by atoms with Gasteiger partial charge in [-0.15, -0.1) is 0 Å². The molecule has 3 rings (SSSR count). The van der Waals surface area contributed by atoms with Crippen LogP contribution in [-0.2, 0) is 20.9 Å². The Morgan fingerprint density at radius 2 is 1.96 bits per heavy atom. The van der Waals surface area contributed by atoms with Gasteiger partial charge in [-0.1, -0.05) is 30.3 Å². The summed E-state index contributed by atoms with van der Waals surface area (Å²) in [4.78, 5) is 27.6. The van der Waals surface area contributed by atoms with Crippen molar-refractivity contribution in [1.29, 1.82) is 0 Å². The van der Waals surface area contributed by atoms with E-state index in [-0.39, 0.29) is 18.6 Å². The van der Waals surface area contributed by atoms with Crippen LogP contribution in [0.4, 0.5) is 4.79 Å². The average molecular weight is 332 g/mol. The lowest BCUT2D eigenvalue weighted by molar-refractivity contribution is -0.139. The summed E-state index contributed by atoms with van der Waals surface area (Å²) in [5.74, 6) is -0.00236. The third-order valence-corrected chi connectivity index (χ3v) is 4.79. The number of hydrogen-bond acceptors (Lipinski definition) is 4. The van der Waals surface area contributed by atoms with E-state index in [1.807, 2.05) is 37.3 Å². The van der Waals surface area contributed by atoms with Gasteiger partial charge in [-0.3, -0.25) is 4.79 Å². The Hall–Kier alpha value is -2.08. The second kappa shape index (κ2) is 7.21. The van der Waals surface area contributed by atoms with Crippen molar-refractivity contribution in [2.24, 2.45) is 0 Å². The normalized spacial score (nSPS) is 19.6. The van der Waals surface area contributed by atoms with E-state index in [0.717, 1.165) is 5.56 Å². The molecule has 2 aliphatic heterocycles. The second-order valence-corrected chi connectivity index (χ2v) is 6.42. The molecule has 24 heavy (non-hydrogen) atoms. The van der Waals surface area contributed by atoms with Gasteiger partial charge in [0.05, 0.1) is 13.2 Å². The number of carbonyl (C=O) groups excluding carboxylic acids is 2. The highest BCUT2D eigenvalue weighted by atomic mass is 16.6. The molecule has 6 nitrogen and oxygen atoms in total. The third kappa shape index (κ3) is 3.70. The van der Waals surface area contributed by atoms with Gasteiger partial charge in [-0.05, 0) is 12.5 Å². The lowest BCUT2D eigenvalue weighted by atomic mass is 9.91. The van der Waals surface area contributed by atoms with Gasteiger partial charge in [0.25, 0.3) is 0 Å². The van der Waals surface area contributed by atoms with Crippen molar-refractivity contribution in [2.45, 2.75) is 32.0 Å². The molecule has 0 radical (unpaired) electrons. The molecule has 130 valence electrons. The summed E-state index contributed by atoms with van der Waals surface area (Å²) in [6.45, 7) is 4.99. The van der Waals surface area contributed by atoms with Gasteiger partial charge in [-0.2, -0.15) is 0 Å². The Balaban J connectivity index is 1.43. The smallest absolute Gasteiger partial charge is 0.410 e. The third-order valence-electron chi connectivity index (χ3n) is 4.79. The molecule has 2 aliphatic rings. The Morgan fingerprint density at radius 3 is 2.58 bits per heavy atom. The minimum atomic E-state index is -0.408. The van der Waals surface area contributed by atoms with Gasteiger partial charge in [-0.25, -0.2) is 4.79 Å². The Morgan fingerprint density at radius 1 is 1.25 bits per heavy atom. The topological polar surface area (TPSA) is 59.1 Å². The van der Waals surface area contributed by atoms with E-state index in [1.165, 1.54) is 0 Å². The molecule has 0 aromatic heterocycles. The van der Waals surface area contributed by atoms with Crippen molar-refractivity contribution in [1.82, 2.24) is 9.80 Å². The molecule has 1 aromatic carbocycles. The molecule has 1 spiro atoms. The molecule has 0 bridgehead atoms. The van der Waals surface area contributed by atoms with E-state index in [0.29, 0.717) is 45.6 Å². The van der Waals surface area contributed by atoms with Gasteiger partial charge >= 0.3 is 6.09 Å². The molecule has 0 aliphatic carbocycles. The zero-order valence-electron chi connectivity index (χ0n) is 14.1. The van der Waals surface area contributed by atoms with E-state index in [9.17, 15) is 9.59 Å². The first-order valence-corrected chi connectivity index (χ1v) is 8.49. The van der Waals surface area contributed by atoms with Crippen molar-refractivity contribution in [2.75, 3.05) is 32.8 Å². The first-order valence-electron chi connectivity index (χ1n) is 8.49. The van der Waals surface area contributed by atoms with Crippen LogP contribution in [-0.4, -0.2) is 60.2 Å². The highest BCUT2D eigenvalue weighted by Gasteiger charge is 2.46. The monoisotopic (exact) mass is 332 g/mol. The fourth-order valence-corrected chi connectivity index (χ4v) is 3.28.